The van der Waals surface area contributed by atoms with Crippen molar-refractivity contribution < 1.29 is 14.3 Å². The highest BCUT2D eigenvalue weighted by molar-refractivity contribution is 6.19. The van der Waals surface area contributed by atoms with Crippen LogP contribution in [0.1, 0.15) is 6.42 Å². The molecule has 0 bridgehead atoms. The highest BCUT2D eigenvalue weighted by Crippen LogP contribution is 2.34. The summed E-state index contributed by atoms with van der Waals surface area (Å²) in [7, 11) is 0. The van der Waals surface area contributed by atoms with E-state index < -0.39 is 0 Å². The second-order valence-corrected chi connectivity index (χ2v) is 3.43. The van der Waals surface area contributed by atoms with Crippen LogP contribution in [-0.4, -0.2) is 18.6 Å². The van der Waals surface area contributed by atoms with Gasteiger partial charge in [0.2, 0.25) is 12.7 Å². The molecule has 0 fully saturated rings. The number of nitrogens with one attached hydrogen (secondary N) is 1. The summed E-state index contributed by atoms with van der Waals surface area (Å²) < 4.78 is 10.3. The fourth-order valence-electron chi connectivity index (χ4n) is 1.28. The van der Waals surface area contributed by atoms with E-state index >= 15 is 0 Å². The molecule has 5 heteroatoms. The third kappa shape index (κ3) is 2.33. The van der Waals surface area contributed by atoms with Gasteiger partial charge in [-0.05, 0) is 12.1 Å². The molecule has 1 aromatic rings. The normalized spacial score (nSPS) is 12.6. The van der Waals surface area contributed by atoms with Crippen molar-refractivity contribution in [3.63, 3.8) is 0 Å². The molecule has 1 aliphatic heterocycles. The Morgan fingerprint density at radius 1 is 1.40 bits per heavy atom. The van der Waals surface area contributed by atoms with Crippen molar-refractivity contribution in [2.24, 2.45) is 0 Å². The van der Waals surface area contributed by atoms with Crippen molar-refractivity contribution in [1.82, 2.24) is 0 Å². The van der Waals surface area contributed by atoms with Gasteiger partial charge in [0.1, 0.15) is 0 Å². The van der Waals surface area contributed by atoms with Crippen molar-refractivity contribution >= 4 is 23.2 Å². The van der Waals surface area contributed by atoms with Gasteiger partial charge in [-0.3, -0.25) is 4.79 Å². The van der Waals surface area contributed by atoms with Crippen LogP contribution in [-0.2, 0) is 4.79 Å². The van der Waals surface area contributed by atoms with Gasteiger partial charge in [-0.15, -0.1) is 11.6 Å². The number of fused-ring (bicyclic) bond motifs is 1. The van der Waals surface area contributed by atoms with Gasteiger partial charge < -0.3 is 14.8 Å². The number of alkyl halides is 1. The van der Waals surface area contributed by atoms with Crippen LogP contribution in [0.15, 0.2) is 18.2 Å². The Kier molecular flexibility index (Phi) is 2.97. The number of carbonyl (C=O) groups is 1. The molecule has 1 aliphatic rings. The van der Waals surface area contributed by atoms with E-state index in [0.29, 0.717) is 29.5 Å². The first kappa shape index (κ1) is 10.1. The molecule has 0 spiro atoms. The molecule has 2 rings (SSSR count). The minimum atomic E-state index is -0.108. The molecule has 0 atom stereocenters. The molecular formula is C10H10ClNO3. The molecule has 4 nitrogen and oxygen atoms in total. The zero-order valence-electron chi connectivity index (χ0n) is 7.96. The quantitative estimate of drug-likeness (QED) is 0.804. The predicted molar refractivity (Wildman–Crippen MR) is 56.5 cm³/mol. The van der Waals surface area contributed by atoms with E-state index in [1.165, 1.54) is 0 Å². The zero-order valence-corrected chi connectivity index (χ0v) is 8.71. The molecule has 1 amide bonds. The number of amides is 1. The molecule has 0 radical (unpaired) electrons. The number of halogens is 1. The van der Waals surface area contributed by atoms with Crippen LogP contribution < -0.4 is 14.8 Å². The highest BCUT2D eigenvalue weighted by atomic mass is 35.5. The summed E-state index contributed by atoms with van der Waals surface area (Å²) in [5, 5.41) is 2.71. The van der Waals surface area contributed by atoms with E-state index in [1.54, 1.807) is 18.2 Å². The Hall–Kier alpha value is -1.42. The molecule has 0 unspecified atom stereocenters. The summed E-state index contributed by atoms with van der Waals surface area (Å²) in [5.74, 6) is 1.56. The number of hydrogen-bond acceptors (Lipinski definition) is 3. The van der Waals surface area contributed by atoms with E-state index in [9.17, 15) is 4.79 Å². The zero-order chi connectivity index (χ0) is 10.7. The van der Waals surface area contributed by atoms with Gasteiger partial charge in [-0.1, -0.05) is 0 Å². The predicted octanol–water partition coefficient (Wildman–Crippen LogP) is 1.98. The van der Waals surface area contributed by atoms with Crippen LogP contribution >= 0.6 is 11.6 Å². The van der Waals surface area contributed by atoms with Crippen LogP contribution in [0.4, 0.5) is 5.69 Å². The third-order valence-corrected chi connectivity index (χ3v) is 2.17. The fourth-order valence-corrected chi connectivity index (χ4v) is 1.46. The lowest BCUT2D eigenvalue weighted by Crippen LogP contribution is -2.11. The van der Waals surface area contributed by atoms with Gasteiger partial charge in [-0.25, -0.2) is 0 Å². The Labute approximate surface area is 92.1 Å². The minimum Gasteiger partial charge on any atom is -0.454 e. The maximum Gasteiger partial charge on any atom is 0.231 e. The summed E-state index contributed by atoms with van der Waals surface area (Å²) >= 11 is 5.45. The minimum absolute atomic E-state index is 0.108. The lowest BCUT2D eigenvalue weighted by Gasteiger charge is -2.04. The molecule has 0 saturated heterocycles. The summed E-state index contributed by atoms with van der Waals surface area (Å²) in [5.41, 5.74) is 0.689. The highest BCUT2D eigenvalue weighted by Gasteiger charge is 2.13. The molecule has 80 valence electrons. The lowest BCUT2D eigenvalue weighted by atomic mass is 10.2. The summed E-state index contributed by atoms with van der Waals surface area (Å²) in [6.45, 7) is 0.231. The van der Waals surface area contributed by atoms with Crippen molar-refractivity contribution in [2.75, 3.05) is 18.0 Å². The monoisotopic (exact) mass is 227 g/mol. The number of ether oxygens (including phenoxy) is 2. The van der Waals surface area contributed by atoms with Crippen LogP contribution in [0.2, 0.25) is 0 Å². The third-order valence-electron chi connectivity index (χ3n) is 1.98. The summed E-state index contributed by atoms with van der Waals surface area (Å²) in [6.07, 6.45) is 0.302. The largest absolute Gasteiger partial charge is 0.454 e. The van der Waals surface area contributed by atoms with Crippen LogP contribution in [0.3, 0.4) is 0 Å². The molecule has 1 aromatic carbocycles. The van der Waals surface area contributed by atoms with E-state index in [4.69, 9.17) is 21.1 Å². The topological polar surface area (TPSA) is 47.6 Å². The van der Waals surface area contributed by atoms with Gasteiger partial charge >= 0.3 is 0 Å². The Bertz CT molecular complexity index is 381. The number of anilines is 1. The second-order valence-electron chi connectivity index (χ2n) is 3.06. The Morgan fingerprint density at radius 2 is 2.20 bits per heavy atom. The Morgan fingerprint density at radius 3 is 3.00 bits per heavy atom. The molecule has 1 heterocycles. The lowest BCUT2D eigenvalue weighted by molar-refractivity contribution is -0.115. The van der Waals surface area contributed by atoms with Crippen LogP contribution in [0, 0.1) is 0 Å². The van der Waals surface area contributed by atoms with E-state index in [2.05, 4.69) is 5.32 Å². The van der Waals surface area contributed by atoms with E-state index in [1.807, 2.05) is 0 Å². The van der Waals surface area contributed by atoms with E-state index in [-0.39, 0.29) is 12.7 Å². The molecular weight excluding hydrogens is 218 g/mol. The summed E-state index contributed by atoms with van der Waals surface area (Å²) in [4.78, 5) is 11.2. The van der Waals surface area contributed by atoms with Crippen molar-refractivity contribution in [2.45, 2.75) is 6.42 Å². The van der Waals surface area contributed by atoms with Gasteiger partial charge in [0, 0.05) is 24.1 Å². The molecule has 1 N–H and O–H groups in total. The first-order valence-electron chi connectivity index (χ1n) is 4.55. The molecule has 0 aliphatic carbocycles. The van der Waals surface area contributed by atoms with Gasteiger partial charge in [-0.2, -0.15) is 0 Å². The van der Waals surface area contributed by atoms with Crippen LogP contribution in [0.5, 0.6) is 11.5 Å². The van der Waals surface area contributed by atoms with Crippen molar-refractivity contribution in [3.05, 3.63) is 18.2 Å². The van der Waals surface area contributed by atoms with Gasteiger partial charge in [0.15, 0.2) is 11.5 Å². The molecule has 0 aromatic heterocycles. The van der Waals surface area contributed by atoms with Crippen molar-refractivity contribution in [1.29, 1.82) is 0 Å². The average Bonchev–Trinajstić information content (AvgIpc) is 2.65. The maximum absolute atomic E-state index is 11.2. The van der Waals surface area contributed by atoms with Gasteiger partial charge in [0.05, 0.1) is 0 Å². The van der Waals surface area contributed by atoms with Crippen LogP contribution in [0.25, 0.3) is 0 Å². The van der Waals surface area contributed by atoms with Crippen molar-refractivity contribution in [3.8, 4) is 11.5 Å². The summed E-state index contributed by atoms with van der Waals surface area (Å²) in [6, 6.07) is 5.26. The number of hydrogen-bond donors (Lipinski definition) is 1. The van der Waals surface area contributed by atoms with Gasteiger partial charge in [0.25, 0.3) is 0 Å². The fraction of sp³-hybridized carbons (Fsp3) is 0.300. The smallest absolute Gasteiger partial charge is 0.231 e. The molecule has 0 saturated carbocycles. The first-order valence-corrected chi connectivity index (χ1v) is 5.08. The molecule has 15 heavy (non-hydrogen) atoms. The Balaban J connectivity index is 2.06. The number of rotatable bonds is 3. The number of carbonyl (C=O) groups excluding carboxylic acids is 1. The first-order chi connectivity index (χ1) is 7.29. The average molecular weight is 228 g/mol. The second kappa shape index (κ2) is 4.40. The van der Waals surface area contributed by atoms with E-state index in [0.717, 1.165) is 0 Å². The SMILES string of the molecule is O=C(CCCl)Nc1ccc2c(c1)OCO2. The number of benzene rings is 1. The standard InChI is InChI=1S/C10H10ClNO3/c11-4-3-10(13)12-7-1-2-8-9(5-7)15-6-14-8/h1-2,5H,3-4,6H2,(H,12,13). The maximum atomic E-state index is 11.2.